The number of hydrogen-bond donors (Lipinski definition) is 1. The fraction of sp³-hybridized carbons (Fsp3) is 0.290. The summed E-state index contributed by atoms with van der Waals surface area (Å²) in [5.41, 5.74) is 0.963. The fourth-order valence-corrected chi connectivity index (χ4v) is 6.19. The Bertz CT molecular complexity index is 1520. The van der Waals surface area contributed by atoms with Crippen LogP contribution in [0.4, 0.5) is 0 Å². The Balaban J connectivity index is 1.57. The van der Waals surface area contributed by atoms with Crippen LogP contribution in [-0.4, -0.2) is 47.5 Å². The lowest BCUT2D eigenvalue weighted by Crippen LogP contribution is -2.38. The molecule has 0 aliphatic carbocycles. The van der Waals surface area contributed by atoms with Crippen LogP contribution in [0, 0.1) is 6.92 Å². The smallest absolute Gasteiger partial charge is 0.349 e. The molecule has 0 saturated carbocycles. The van der Waals surface area contributed by atoms with Crippen LogP contribution < -0.4 is 20.3 Å². The van der Waals surface area contributed by atoms with E-state index < -0.39 is 43.2 Å². The fourth-order valence-electron chi connectivity index (χ4n) is 5.31. The average molecular weight is 624 g/mol. The van der Waals surface area contributed by atoms with E-state index in [1.807, 2.05) is 78.9 Å². The van der Waals surface area contributed by atoms with Crippen molar-refractivity contribution in [2.75, 3.05) is 20.8 Å². The highest BCUT2D eigenvalue weighted by Crippen LogP contribution is 2.44. The third-order valence-electron chi connectivity index (χ3n) is 7.47. The summed E-state index contributed by atoms with van der Waals surface area (Å²) in [5.74, 6) is 0.791. The van der Waals surface area contributed by atoms with Crippen LogP contribution in [0.25, 0.3) is 0 Å². The molecular formula is C31H32N2O8PS-. The number of aromatic nitrogens is 2. The predicted octanol–water partition coefficient (Wildman–Crippen LogP) is 3.82. The molecule has 3 aromatic carbocycles. The van der Waals surface area contributed by atoms with Gasteiger partial charge in [0.05, 0.1) is 20.8 Å². The molecule has 1 aliphatic heterocycles. The van der Waals surface area contributed by atoms with E-state index in [1.165, 1.54) is 10.8 Å². The molecule has 12 heteroatoms. The molecular weight excluding hydrogens is 591 g/mol. The number of rotatable bonds is 11. The first kappa shape index (κ1) is 31.0. The largest absolute Gasteiger partial charge is 0.858 e. The second kappa shape index (κ2) is 13.5. The first-order valence-corrected chi connectivity index (χ1v) is 16.0. The molecule has 10 nitrogen and oxygen atoms in total. The van der Waals surface area contributed by atoms with Gasteiger partial charge in [0.25, 0.3) is 0 Å². The zero-order valence-electron chi connectivity index (χ0n) is 23.8. The first-order chi connectivity index (χ1) is 20.7. The third-order valence-corrected chi connectivity index (χ3v) is 8.26. The van der Waals surface area contributed by atoms with Crippen LogP contribution in [-0.2, 0) is 31.8 Å². The van der Waals surface area contributed by atoms with Gasteiger partial charge >= 0.3 is 5.69 Å². The summed E-state index contributed by atoms with van der Waals surface area (Å²) in [5, 5.41) is 11.9. The maximum absolute atomic E-state index is 12.6. The van der Waals surface area contributed by atoms with Crippen molar-refractivity contribution >= 4 is 19.8 Å². The van der Waals surface area contributed by atoms with E-state index in [2.05, 4.69) is 4.98 Å². The van der Waals surface area contributed by atoms with Gasteiger partial charge in [0, 0.05) is 12.6 Å². The molecule has 0 bridgehead atoms. The van der Waals surface area contributed by atoms with Gasteiger partial charge in [-0.2, -0.15) is 0 Å². The van der Waals surface area contributed by atoms with Crippen LogP contribution in [0.1, 0.15) is 34.9 Å². The predicted molar refractivity (Wildman–Crippen MR) is 162 cm³/mol. The van der Waals surface area contributed by atoms with E-state index in [4.69, 9.17) is 35.7 Å². The number of hydrogen-bond acceptors (Lipinski definition) is 10. The Hall–Kier alpha value is -3.44. The van der Waals surface area contributed by atoms with E-state index in [1.54, 1.807) is 21.1 Å². The summed E-state index contributed by atoms with van der Waals surface area (Å²) in [7, 11) is 0.680. The lowest BCUT2D eigenvalue weighted by Gasteiger charge is -2.37. The number of ether oxygens (including phenoxy) is 4. The van der Waals surface area contributed by atoms with Crippen molar-refractivity contribution in [2.24, 2.45) is 0 Å². The number of nitrogens with zero attached hydrogens (tertiary/aromatic N) is 2. The summed E-state index contributed by atoms with van der Waals surface area (Å²) in [6.07, 6.45) is -0.589. The molecule has 5 rings (SSSR count). The minimum atomic E-state index is -2.54. The van der Waals surface area contributed by atoms with Gasteiger partial charge in [0.2, 0.25) is 0 Å². The van der Waals surface area contributed by atoms with E-state index in [0.29, 0.717) is 17.1 Å². The SMILES string of the molecule is COc1ccc(C(OC[C@H]2O[C@@H](n3cc(C)c([O-])nc3=O)C[C@@H]2O[PH+](O)[S-])(c2ccccc2)c2ccc(OC)cc2)cc1. The zero-order valence-corrected chi connectivity index (χ0v) is 25.7. The Labute approximate surface area is 255 Å². The Morgan fingerprint density at radius 2 is 1.56 bits per heavy atom. The Kier molecular flexibility index (Phi) is 9.71. The van der Waals surface area contributed by atoms with Gasteiger partial charge in [-0.1, -0.05) is 54.6 Å². The number of benzene rings is 3. The van der Waals surface area contributed by atoms with Crippen LogP contribution in [0.5, 0.6) is 17.4 Å². The highest BCUT2D eigenvalue weighted by molar-refractivity contribution is 8.28. The van der Waals surface area contributed by atoms with E-state index >= 15 is 0 Å². The molecule has 1 aromatic heterocycles. The van der Waals surface area contributed by atoms with Crippen molar-refractivity contribution in [3.05, 3.63) is 118 Å². The molecule has 43 heavy (non-hydrogen) atoms. The van der Waals surface area contributed by atoms with Crippen molar-refractivity contribution in [3.8, 4) is 17.4 Å². The van der Waals surface area contributed by atoms with Crippen molar-refractivity contribution < 1.29 is 33.5 Å². The maximum Gasteiger partial charge on any atom is 0.349 e. The molecule has 0 spiro atoms. The van der Waals surface area contributed by atoms with Crippen LogP contribution in [0.2, 0.25) is 0 Å². The van der Waals surface area contributed by atoms with E-state index in [0.717, 1.165) is 16.7 Å². The van der Waals surface area contributed by atoms with Crippen LogP contribution in [0.15, 0.2) is 89.9 Å². The summed E-state index contributed by atoms with van der Waals surface area (Å²) in [6, 6.07) is 25.0. The molecule has 1 unspecified atom stereocenters. The van der Waals surface area contributed by atoms with E-state index in [9.17, 15) is 14.8 Å². The normalized spacial score (nSPS) is 19.2. The second-order valence-corrected chi connectivity index (χ2v) is 11.8. The van der Waals surface area contributed by atoms with Crippen LogP contribution in [0.3, 0.4) is 0 Å². The highest BCUT2D eigenvalue weighted by atomic mass is 32.7. The molecule has 4 atom stereocenters. The third kappa shape index (κ3) is 6.57. The second-order valence-electron chi connectivity index (χ2n) is 10.0. The standard InChI is InChI=1S/C31H33N2O8PS/c1-20-18-33(30(35)32-29(20)34)28-17-26(41-42(36)43)27(40-28)19-39-31(21-7-5-4-6-8-21,22-9-13-24(37-2)14-10-22)23-11-15-25(38-3)16-12-23/h4-16,18,26-28,36,42H,17,19H2,1-3H3,(H,32,34,35)/p-1/t26-,27+,28+/m0/s1. The number of methoxy groups -OCH3 is 2. The molecule has 0 amide bonds. The number of aryl methyl sites for hydroxylation is 1. The summed E-state index contributed by atoms with van der Waals surface area (Å²) >= 11 is 5.01. The van der Waals surface area contributed by atoms with E-state index in [-0.39, 0.29) is 13.0 Å². The zero-order chi connectivity index (χ0) is 30.6. The highest BCUT2D eigenvalue weighted by Gasteiger charge is 2.44. The molecule has 1 fully saturated rings. The van der Waals surface area contributed by atoms with Gasteiger partial charge in [-0.25, -0.2) is 19.2 Å². The first-order valence-electron chi connectivity index (χ1n) is 13.6. The molecule has 4 aromatic rings. The molecule has 1 aliphatic rings. The lowest BCUT2D eigenvalue weighted by atomic mass is 9.80. The monoisotopic (exact) mass is 623 g/mol. The van der Waals surface area contributed by atoms with Gasteiger partial charge in [-0.15, -0.1) is 0 Å². The molecule has 1 N–H and O–H groups in total. The molecule has 1 saturated heterocycles. The summed E-state index contributed by atoms with van der Waals surface area (Å²) in [4.78, 5) is 26.2. The quantitative estimate of drug-likeness (QED) is 0.150. The summed E-state index contributed by atoms with van der Waals surface area (Å²) < 4.78 is 31.1. The minimum Gasteiger partial charge on any atom is -0.858 e. The van der Waals surface area contributed by atoms with Gasteiger partial charge in [0.1, 0.15) is 43.1 Å². The van der Waals surface area contributed by atoms with Gasteiger partial charge in [-0.05, 0) is 59.3 Å². The van der Waals surface area contributed by atoms with Gasteiger partial charge in [0.15, 0.2) is 0 Å². The Morgan fingerprint density at radius 1 is 1.00 bits per heavy atom. The Morgan fingerprint density at radius 3 is 2.09 bits per heavy atom. The van der Waals surface area contributed by atoms with Crippen molar-refractivity contribution in [1.29, 1.82) is 0 Å². The molecule has 0 radical (unpaired) electrons. The topological polar surface area (TPSA) is 124 Å². The molecule has 226 valence electrons. The minimum absolute atomic E-state index is 0.000596. The maximum atomic E-state index is 12.6. The van der Waals surface area contributed by atoms with Crippen molar-refractivity contribution in [1.82, 2.24) is 9.55 Å². The van der Waals surface area contributed by atoms with Crippen LogP contribution >= 0.6 is 7.58 Å². The molecule has 2 heterocycles. The lowest BCUT2D eigenvalue weighted by molar-refractivity contribution is -0.276. The summed E-state index contributed by atoms with van der Waals surface area (Å²) in [6.45, 7) is 1.57. The van der Waals surface area contributed by atoms with Crippen molar-refractivity contribution in [3.63, 3.8) is 0 Å². The van der Waals surface area contributed by atoms with Gasteiger partial charge in [-0.3, -0.25) is 4.57 Å². The average Bonchev–Trinajstić information content (AvgIpc) is 3.41. The van der Waals surface area contributed by atoms with Gasteiger partial charge < -0.3 is 36.3 Å². The van der Waals surface area contributed by atoms with Crippen molar-refractivity contribution in [2.45, 2.75) is 37.4 Å².